The number of hydrogen-bond acceptors (Lipinski definition) is 5. The van der Waals surface area contributed by atoms with Crippen LogP contribution >= 0.6 is 0 Å². The van der Waals surface area contributed by atoms with E-state index in [9.17, 15) is 4.79 Å². The van der Waals surface area contributed by atoms with Crippen molar-refractivity contribution in [3.63, 3.8) is 0 Å². The molecule has 5 rings (SSSR count). The minimum absolute atomic E-state index is 0.265. The predicted molar refractivity (Wildman–Crippen MR) is 106 cm³/mol. The molecule has 0 unspecified atom stereocenters. The number of nitrogens with zero attached hydrogens (tertiary/aromatic N) is 5. The fraction of sp³-hybridized carbons (Fsp3) is 0. The van der Waals surface area contributed by atoms with Gasteiger partial charge in [-0.05, 0) is 30.3 Å². The highest BCUT2D eigenvalue weighted by molar-refractivity contribution is 6.03. The third-order valence-corrected chi connectivity index (χ3v) is 4.33. The van der Waals surface area contributed by atoms with Crippen molar-refractivity contribution in [2.45, 2.75) is 0 Å². The SMILES string of the molecule is O=C(Nc1cccc(-c2cn3cccnc3n2)c1)c1cnc2ccccc2n1. The first-order valence-electron chi connectivity index (χ1n) is 8.69. The minimum atomic E-state index is -0.313. The first-order valence-corrected chi connectivity index (χ1v) is 8.69. The molecule has 0 saturated carbocycles. The molecule has 1 amide bonds. The number of rotatable bonds is 3. The zero-order valence-corrected chi connectivity index (χ0v) is 14.6. The Balaban J connectivity index is 1.43. The number of aromatic nitrogens is 5. The standard InChI is InChI=1S/C21H14N6O/c28-20(18-12-23-16-7-1-2-8-17(16)25-18)24-15-6-3-5-14(11-15)19-13-27-10-4-9-22-21(27)26-19/h1-13H,(H,24,28). The van der Waals surface area contributed by atoms with E-state index in [1.54, 1.807) is 6.20 Å². The van der Waals surface area contributed by atoms with Gasteiger partial charge < -0.3 is 5.32 Å². The quantitative estimate of drug-likeness (QED) is 0.527. The fourth-order valence-corrected chi connectivity index (χ4v) is 2.99. The number of carbonyl (C=O) groups is 1. The van der Waals surface area contributed by atoms with Gasteiger partial charge in [0, 0.05) is 29.8 Å². The molecule has 0 bridgehead atoms. The van der Waals surface area contributed by atoms with E-state index >= 15 is 0 Å². The van der Waals surface area contributed by atoms with Gasteiger partial charge in [0.05, 0.1) is 22.9 Å². The summed E-state index contributed by atoms with van der Waals surface area (Å²) in [5.74, 6) is 0.311. The number of hydrogen-bond donors (Lipinski definition) is 1. The highest BCUT2D eigenvalue weighted by atomic mass is 16.1. The van der Waals surface area contributed by atoms with Gasteiger partial charge in [-0.2, -0.15) is 0 Å². The van der Waals surface area contributed by atoms with Crippen LogP contribution < -0.4 is 5.32 Å². The maximum absolute atomic E-state index is 12.6. The Morgan fingerprint density at radius 1 is 0.929 bits per heavy atom. The smallest absolute Gasteiger partial charge is 0.275 e. The molecule has 0 radical (unpaired) electrons. The predicted octanol–water partition coefficient (Wildman–Crippen LogP) is 3.59. The number of anilines is 1. The molecule has 3 aromatic heterocycles. The Bertz CT molecular complexity index is 1290. The van der Waals surface area contributed by atoms with Gasteiger partial charge in [0.2, 0.25) is 5.78 Å². The normalized spacial score (nSPS) is 11.0. The van der Waals surface area contributed by atoms with Crippen molar-refractivity contribution in [1.29, 1.82) is 0 Å². The Morgan fingerprint density at radius 3 is 2.71 bits per heavy atom. The van der Waals surface area contributed by atoms with Gasteiger partial charge in [0.25, 0.3) is 5.91 Å². The largest absolute Gasteiger partial charge is 0.321 e. The van der Waals surface area contributed by atoms with Crippen molar-refractivity contribution in [1.82, 2.24) is 24.3 Å². The molecule has 0 aliphatic heterocycles. The Labute approximate surface area is 159 Å². The van der Waals surface area contributed by atoms with Crippen LogP contribution in [-0.2, 0) is 0 Å². The molecule has 0 aliphatic carbocycles. The van der Waals surface area contributed by atoms with Crippen molar-refractivity contribution in [3.05, 3.63) is 85.1 Å². The van der Waals surface area contributed by atoms with Gasteiger partial charge in [-0.1, -0.05) is 24.3 Å². The minimum Gasteiger partial charge on any atom is -0.321 e. The lowest BCUT2D eigenvalue weighted by atomic mass is 10.1. The molecule has 0 aliphatic rings. The number of imidazole rings is 1. The van der Waals surface area contributed by atoms with Crippen molar-refractivity contribution in [2.24, 2.45) is 0 Å². The number of benzene rings is 2. The lowest BCUT2D eigenvalue weighted by molar-refractivity contribution is 0.102. The first kappa shape index (κ1) is 16.1. The maximum atomic E-state index is 12.6. The van der Waals surface area contributed by atoms with Crippen molar-refractivity contribution in [2.75, 3.05) is 5.32 Å². The van der Waals surface area contributed by atoms with Crippen LogP contribution in [0, 0.1) is 0 Å². The lowest BCUT2D eigenvalue weighted by Gasteiger charge is -2.06. The summed E-state index contributed by atoms with van der Waals surface area (Å²) in [5.41, 5.74) is 4.01. The van der Waals surface area contributed by atoms with E-state index in [-0.39, 0.29) is 11.6 Å². The molecule has 0 fully saturated rings. The zero-order chi connectivity index (χ0) is 18.9. The summed E-state index contributed by atoms with van der Waals surface area (Å²) in [6.07, 6.45) is 6.98. The van der Waals surface area contributed by atoms with Crippen LogP contribution in [0.25, 0.3) is 28.1 Å². The van der Waals surface area contributed by atoms with Crippen LogP contribution in [0.2, 0.25) is 0 Å². The number of carbonyl (C=O) groups excluding carboxylic acids is 1. The number of para-hydroxylation sites is 2. The highest BCUT2D eigenvalue weighted by Gasteiger charge is 2.11. The average molecular weight is 366 g/mol. The topological polar surface area (TPSA) is 85.1 Å². The number of nitrogens with one attached hydrogen (secondary N) is 1. The van der Waals surface area contributed by atoms with Crippen LogP contribution in [0.3, 0.4) is 0 Å². The van der Waals surface area contributed by atoms with Crippen molar-refractivity contribution in [3.8, 4) is 11.3 Å². The molecule has 134 valence electrons. The summed E-state index contributed by atoms with van der Waals surface area (Å²) in [6.45, 7) is 0. The van der Waals surface area contributed by atoms with Gasteiger partial charge in [0.1, 0.15) is 5.69 Å². The van der Waals surface area contributed by atoms with Crippen LogP contribution in [0.5, 0.6) is 0 Å². The van der Waals surface area contributed by atoms with Crippen LogP contribution in [-0.4, -0.2) is 30.2 Å². The first-order chi connectivity index (χ1) is 13.8. The summed E-state index contributed by atoms with van der Waals surface area (Å²) < 4.78 is 1.85. The summed E-state index contributed by atoms with van der Waals surface area (Å²) in [6, 6.07) is 16.8. The molecule has 1 N–H and O–H groups in total. The molecule has 3 heterocycles. The van der Waals surface area contributed by atoms with Gasteiger partial charge in [-0.25, -0.2) is 15.0 Å². The van der Waals surface area contributed by atoms with E-state index in [2.05, 4.69) is 25.3 Å². The Kier molecular flexibility index (Phi) is 3.76. The second-order valence-corrected chi connectivity index (χ2v) is 6.23. The molecule has 0 spiro atoms. The maximum Gasteiger partial charge on any atom is 0.275 e. The van der Waals surface area contributed by atoms with E-state index in [1.165, 1.54) is 6.20 Å². The van der Waals surface area contributed by atoms with Gasteiger partial charge in [0.15, 0.2) is 0 Å². The van der Waals surface area contributed by atoms with E-state index < -0.39 is 0 Å². The molecule has 2 aromatic carbocycles. The van der Waals surface area contributed by atoms with Crippen LogP contribution in [0.4, 0.5) is 5.69 Å². The molecular formula is C21H14N6O. The fourth-order valence-electron chi connectivity index (χ4n) is 2.99. The van der Waals surface area contributed by atoms with Gasteiger partial charge in [-0.15, -0.1) is 0 Å². The lowest BCUT2D eigenvalue weighted by Crippen LogP contribution is -2.14. The monoisotopic (exact) mass is 366 g/mol. The molecule has 0 saturated heterocycles. The third-order valence-electron chi connectivity index (χ3n) is 4.33. The van der Waals surface area contributed by atoms with Gasteiger partial charge >= 0.3 is 0 Å². The zero-order valence-electron chi connectivity index (χ0n) is 14.6. The Morgan fingerprint density at radius 2 is 1.82 bits per heavy atom. The molecule has 5 aromatic rings. The summed E-state index contributed by atoms with van der Waals surface area (Å²) in [7, 11) is 0. The number of fused-ring (bicyclic) bond motifs is 2. The van der Waals surface area contributed by atoms with E-state index in [0.717, 1.165) is 16.8 Å². The summed E-state index contributed by atoms with van der Waals surface area (Å²) in [5, 5.41) is 2.88. The average Bonchev–Trinajstić information content (AvgIpc) is 3.18. The molecule has 0 atom stereocenters. The second kappa shape index (κ2) is 6.55. The summed E-state index contributed by atoms with van der Waals surface area (Å²) in [4.78, 5) is 30.0. The van der Waals surface area contributed by atoms with Crippen molar-refractivity contribution >= 4 is 28.4 Å². The molecule has 28 heavy (non-hydrogen) atoms. The van der Waals surface area contributed by atoms with E-state index in [4.69, 9.17) is 0 Å². The molecule has 7 nitrogen and oxygen atoms in total. The van der Waals surface area contributed by atoms with Crippen LogP contribution in [0.1, 0.15) is 10.5 Å². The van der Waals surface area contributed by atoms with Crippen LogP contribution in [0.15, 0.2) is 79.4 Å². The molecular weight excluding hydrogens is 352 g/mol. The second-order valence-electron chi connectivity index (χ2n) is 6.23. The third kappa shape index (κ3) is 2.95. The van der Waals surface area contributed by atoms with Crippen molar-refractivity contribution < 1.29 is 4.79 Å². The number of amides is 1. The summed E-state index contributed by atoms with van der Waals surface area (Å²) >= 11 is 0. The van der Waals surface area contributed by atoms with Gasteiger partial charge in [-0.3, -0.25) is 14.2 Å². The van der Waals surface area contributed by atoms with E-state index in [1.807, 2.05) is 71.4 Å². The highest BCUT2D eigenvalue weighted by Crippen LogP contribution is 2.22. The molecule has 7 heteroatoms. The van der Waals surface area contributed by atoms with E-state index in [0.29, 0.717) is 17.0 Å². The Hall–Kier alpha value is -4.13.